The fourth-order valence-electron chi connectivity index (χ4n) is 1.66. The molecular weight excluding hydrogens is 297 g/mol. The summed E-state index contributed by atoms with van der Waals surface area (Å²) < 4.78 is 13.7. The van der Waals surface area contributed by atoms with E-state index in [-0.39, 0.29) is 5.82 Å². The van der Waals surface area contributed by atoms with E-state index in [1.54, 1.807) is 6.07 Å². The molecule has 0 aliphatic heterocycles. The van der Waals surface area contributed by atoms with Crippen molar-refractivity contribution in [1.82, 2.24) is 9.97 Å². The number of hydrogen-bond donors (Lipinski definition) is 1. The van der Waals surface area contributed by atoms with Crippen molar-refractivity contribution in [2.75, 3.05) is 12.4 Å². The molecule has 94 valence electrons. The minimum atomic E-state index is -0.289. The second-order valence-electron chi connectivity index (χ2n) is 3.98. The Labute approximate surface area is 114 Å². The van der Waals surface area contributed by atoms with E-state index in [4.69, 9.17) is 0 Å². The normalized spacial score (nSPS) is 10.5. The first-order valence-corrected chi connectivity index (χ1v) is 6.30. The molecule has 0 radical (unpaired) electrons. The standard InChI is InChI=1S/C13H13BrFN3/c1-7-8(2)17-13(18-12(7)16-3)10-5-4-9(15)6-11(10)14/h4-6H,1-3H3,(H,16,17,18). The SMILES string of the molecule is CNc1nc(-c2ccc(F)cc2Br)nc(C)c1C. The maximum absolute atomic E-state index is 13.1. The maximum Gasteiger partial charge on any atom is 0.162 e. The van der Waals surface area contributed by atoms with Crippen LogP contribution in [0, 0.1) is 19.7 Å². The smallest absolute Gasteiger partial charge is 0.162 e. The first-order chi connectivity index (χ1) is 8.52. The van der Waals surface area contributed by atoms with Crippen LogP contribution in [0.25, 0.3) is 11.4 Å². The van der Waals surface area contributed by atoms with Crippen LogP contribution in [0.4, 0.5) is 10.2 Å². The van der Waals surface area contributed by atoms with Crippen LogP contribution in [0.5, 0.6) is 0 Å². The number of anilines is 1. The van der Waals surface area contributed by atoms with Crippen LogP contribution in [0.2, 0.25) is 0 Å². The molecule has 0 fully saturated rings. The van der Waals surface area contributed by atoms with Gasteiger partial charge >= 0.3 is 0 Å². The van der Waals surface area contributed by atoms with Gasteiger partial charge in [0.15, 0.2) is 5.82 Å². The molecule has 1 heterocycles. The Balaban J connectivity index is 2.60. The van der Waals surface area contributed by atoms with Crippen LogP contribution in [0.15, 0.2) is 22.7 Å². The van der Waals surface area contributed by atoms with Gasteiger partial charge in [-0.15, -0.1) is 0 Å². The second kappa shape index (κ2) is 5.02. The summed E-state index contributed by atoms with van der Waals surface area (Å²) in [7, 11) is 1.82. The molecular formula is C13H13BrFN3. The zero-order chi connectivity index (χ0) is 13.3. The van der Waals surface area contributed by atoms with E-state index in [0.717, 1.165) is 22.6 Å². The van der Waals surface area contributed by atoms with Gasteiger partial charge in [0.05, 0.1) is 0 Å². The van der Waals surface area contributed by atoms with Crippen molar-refractivity contribution in [3.05, 3.63) is 39.7 Å². The predicted octanol–water partition coefficient (Wildman–Crippen LogP) is 3.70. The number of nitrogens with one attached hydrogen (secondary N) is 1. The summed E-state index contributed by atoms with van der Waals surface area (Å²) in [4.78, 5) is 8.88. The Hall–Kier alpha value is -1.49. The Morgan fingerprint density at radius 3 is 2.56 bits per heavy atom. The van der Waals surface area contributed by atoms with Gasteiger partial charge in [-0.3, -0.25) is 0 Å². The Morgan fingerprint density at radius 1 is 1.22 bits per heavy atom. The largest absolute Gasteiger partial charge is 0.373 e. The molecule has 0 unspecified atom stereocenters. The second-order valence-corrected chi connectivity index (χ2v) is 4.83. The van der Waals surface area contributed by atoms with Gasteiger partial charge in [0.25, 0.3) is 0 Å². The molecule has 0 bridgehead atoms. The highest BCUT2D eigenvalue weighted by atomic mass is 79.9. The predicted molar refractivity (Wildman–Crippen MR) is 74.1 cm³/mol. The number of nitrogens with zero attached hydrogens (tertiary/aromatic N) is 2. The topological polar surface area (TPSA) is 37.8 Å². The molecule has 18 heavy (non-hydrogen) atoms. The lowest BCUT2D eigenvalue weighted by Crippen LogP contribution is -2.03. The molecule has 3 nitrogen and oxygen atoms in total. The number of halogens is 2. The average Bonchev–Trinajstić information content (AvgIpc) is 2.32. The van der Waals surface area contributed by atoms with Crippen LogP contribution in [-0.2, 0) is 0 Å². The average molecular weight is 310 g/mol. The van der Waals surface area contributed by atoms with Crippen LogP contribution in [-0.4, -0.2) is 17.0 Å². The summed E-state index contributed by atoms with van der Waals surface area (Å²) in [5.74, 6) is 1.08. The molecule has 0 saturated carbocycles. The van der Waals surface area contributed by atoms with E-state index >= 15 is 0 Å². The highest BCUT2D eigenvalue weighted by molar-refractivity contribution is 9.10. The Kier molecular flexibility index (Phi) is 3.61. The molecule has 5 heteroatoms. The summed E-state index contributed by atoms with van der Waals surface area (Å²) >= 11 is 3.33. The van der Waals surface area contributed by atoms with Crippen molar-refractivity contribution < 1.29 is 4.39 Å². The number of benzene rings is 1. The number of hydrogen-bond acceptors (Lipinski definition) is 3. The van der Waals surface area contributed by atoms with Crippen LogP contribution in [0.3, 0.4) is 0 Å². The van der Waals surface area contributed by atoms with E-state index in [2.05, 4.69) is 31.2 Å². The summed E-state index contributed by atoms with van der Waals surface area (Å²) in [5, 5.41) is 3.04. The van der Waals surface area contributed by atoms with Crippen molar-refractivity contribution in [2.45, 2.75) is 13.8 Å². The van der Waals surface area contributed by atoms with Gasteiger partial charge in [-0.1, -0.05) is 0 Å². The zero-order valence-corrected chi connectivity index (χ0v) is 12.0. The molecule has 1 aromatic heterocycles. The highest BCUT2D eigenvalue weighted by Crippen LogP contribution is 2.28. The van der Waals surface area contributed by atoms with Gasteiger partial charge in [0.2, 0.25) is 0 Å². The molecule has 1 N–H and O–H groups in total. The lowest BCUT2D eigenvalue weighted by molar-refractivity contribution is 0.627. The van der Waals surface area contributed by atoms with Gasteiger partial charge in [-0.25, -0.2) is 14.4 Å². The minimum absolute atomic E-state index is 0.289. The molecule has 0 aliphatic rings. The molecule has 1 aromatic carbocycles. The number of aryl methyl sites for hydroxylation is 1. The molecule has 0 saturated heterocycles. The third kappa shape index (κ3) is 2.36. The molecule has 0 atom stereocenters. The summed E-state index contributed by atoms with van der Waals surface area (Å²) in [6.07, 6.45) is 0. The number of rotatable bonds is 2. The summed E-state index contributed by atoms with van der Waals surface area (Å²) in [6, 6.07) is 4.48. The minimum Gasteiger partial charge on any atom is -0.373 e. The fraction of sp³-hybridized carbons (Fsp3) is 0.231. The first-order valence-electron chi connectivity index (χ1n) is 5.51. The molecule has 0 amide bonds. The molecule has 0 spiro atoms. The van der Waals surface area contributed by atoms with Gasteiger partial charge in [-0.05, 0) is 48.0 Å². The third-order valence-electron chi connectivity index (χ3n) is 2.80. The van der Waals surface area contributed by atoms with Gasteiger partial charge in [-0.2, -0.15) is 0 Å². The van der Waals surface area contributed by atoms with E-state index in [0.29, 0.717) is 10.3 Å². The fourth-order valence-corrected chi connectivity index (χ4v) is 2.19. The van der Waals surface area contributed by atoms with Crippen molar-refractivity contribution >= 4 is 21.7 Å². The van der Waals surface area contributed by atoms with Crippen molar-refractivity contribution in [3.63, 3.8) is 0 Å². The van der Waals surface area contributed by atoms with E-state index in [1.807, 2.05) is 20.9 Å². The Bertz CT molecular complexity index is 599. The Morgan fingerprint density at radius 2 is 1.94 bits per heavy atom. The maximum atomic E-state index is 13.1. The first kappa shape index (κ1) is 13.0. The van der Waals surface area contributed by atoms with Crippen LogP contribution in [0.1, 0.15) is 11.3 Å². The summed E-state index contributed by atoms with van der Waals surface area (Å²) in [5.41, 5.74) is 2.69. The number of aromatic nitrogens is 2. The summed E-state index contributed by atoms with van der Waals surface area (Å²) in [6.45, 7) is 3.89. The van der Waals surface area contributed by atoms with Crippen molar-refractivity contribution in [2.24, 2.45) is 0 Å². The molecule has 0 aliphatic carbocycles. The third-order valence-corrected chi connectivity index (χ3v) is 3.45. The van der Waals surface area contributed by atoms with Crippen LogP contribution >= 0.6 is 15.9 Å². The van der Waals surface area contributed by atoms with Gasteiger partial charge < -0.3 is 5.32 Å². The van der Waals surface area contributed by atoms with E-state index in [1.165, 1.54) is 12.1 Å². The van der Waals surface area contributed by atoms with E-state index in [9.17, 15) is 4.39 Å². The zero-order valence-electron chi connectivity index (χ0n) is 10.4. The highest BCUT2D eigenvalue weighted by Gasteiger charge is 2.11. The monoisotopic (exact) mass is 309 g/mol. The van der Waals surface area contributed by atoms with Crippen LogP contribution < -0.4 is 5.32 Å². The molecule has 2 aromatic rings. The van der Waals surface area contributed by atoms with Crippen molar-refractivity contribution in [3.8, 4) is 11.4 Å². The van der Waals surface area contributed by atoms with Gasteiger partial charge in [0.1, 0.15) is 11.6 Å². The lowest BCUT2D eigenvalue weighted by atomic mass is 10.2. The molecule has 2 rings (SSSR count). The van der Waals surface area contributed by atoms with Crippen molar-refractivity contribution in [1.29, 1.82) is 0 Å². The van der Waals surface area contributed by atoms with Gasteiger partial charge in [0, 0.05) is 28.3 Å². The lowest BCUT2D eigenvalue weighted by Gasteiger charge is -2.10. The van der Waals surface area contributed by atoms with E-state index < -0.39 is 0 Å². The quantitative estimate of drug-likeness (QED) is 0.919.